The van der Waals surface area contributed by atoms with Crippen molar-refractivity contribution in [3.05, 3.63) is 22.6 Å². The Morgan fingerprint density at radius 2 is 2.05 bits per heavy atom. The summed E-state index contributed by atoms with van der Waals surface area (Å²) in [6, 6.07) is 0.130. The minimum Gasteiger partial charge on any atom is -0.444 e. The summed E-state index contributed by atoms with van der Waals surface area (Å²) in [5.74, 6) is -0.149. The molecule has 0 aromatic carbocycles. The molecular formula is C13H20N4O4. The summed E-state index contributed by atoms with van der Waals surface area (Å²) < 4.78 is 7.09. The molecule has 1 aromatic heterocycles. The first-order chi connectivity index (χ1) is 9.76. The van der Waals surface area contributed by atoms with Crippen molar-refractivity contribution in [2.24, 2.45) is 0 Å². The SMILES string of the molecule is CC(C)(C)OC(=O)N1CCC(n2cnc([N+](=O)[O-])c2)CC1. The standard InChI is InChI=1S/C13H20N4O4/c1-13(2,3)21-12(18)15-6-4-10(5-7-15)16-8-11(14-9-16)17(19)20/h8-10H,4-7H2,1-3H3. The molecule has 8 heteroatoms. The van der Waals surface area contributed by atoms with E-state index in [4.69, 9.17) is 4.74 Å². The molecule has 0 N–H and O–H groups in total. The van der Waals surface area contributed by atoms with Crippen LogP contribution in [0.1, 0.15) is 39.7 Å². The highest BCUT2D eigenvalue weighted by Crippen LogP contribution is 2.25. The Morgan fingerprint density at radius 3 is 2.52 bits per heavy atom. The highest BCUT2D eigenvalue weighted by atomic mass is 16.6. The van der Waals surface area contributed by atoms with Gasteiger partial charge in [-0.25, -0.2) is 4.79 Å². The summed E-state index contributed by atoms with van der Waals surface area (Å²) in [7, 11) is 0. The maximum atomic E-state index is 11.9. The Hall–Kier alpha value is -2.12. The lowest BCUT2D eigenvalue weighted by Crippen LogP contribution is -2.42. The average Bonchev–Trinajstić information content (AvgIpc) is 2.86. The number of ether oxygens (including phenoxy) is 1. The first-order valence-electron chi connectivity index (χ1n) is 6.92. The lowest BCUT2D eigenvalue weighted by molar-refractivity contribution is -0.389. The Bertz CT molecular complexity index is 527. The number of aromatic nitrogens is 2. The van der Waals surface area contributed by atoms with E-state index in [1.54, 1.807) is 9.47 Å². The van der Waals surface area contributed by atoms with Gasteiger partial charge in [0, 0.05) is 19.1 Å². The largest absolute Gasteiger partial charge is 0.444 e. The van der Waals surface area contributed by atoms with E-state index >= 15 is 0 Å². The van der Waals surface area contributed by atoms with Crippen molar-refractivity contribution in [1.82, 2.24) is 14.5 Å². The maximum absolute atomic E-state index is 11.9. The van der Waals surface area contributed by atoms with E-state index in [-0.39, 0.29) is 18.0 Å². The second-order valence-corrected chi connectivity index (χ2v) is 6.13. The van der Waals surface area contributed by atoms with E-state index in [1.165, 1.54) is 12.5 Å². The molecule has 21 heavy (non-hydrogen) atoms. The summed E-state index contributed by atoms with van der Waals surface area (Å²) in [6.45, 7) is 6.66. The van der Waals surface area contributed by atoms with Crippen LogP contribution in [0, 0.1) is 10.1 Å². The van der Waals surface area contributed by atoms with Crippen molar-refractivity contribution in [1.29, 1.82) is 0 Å². The fraction of sp³-hybridized carbons (Fsp3) is 0.692. The van der Waals surface area contributed by atoms with Crippen LogP contribution in [0.4, 0.5) is 10.6 Å². The van der Waals surface area contributed by atoms with Crippen molar-refractivity contribution in [3.8, 4) is 0 Å². The van der Waals surface area contributed by atoms with Crippen LogP contribution in [-0.4, -0.2) is 44.2 Å². The number of hydrogen-bond acceptors (Lipinski definition) is 5. The molecule has 2 heterocycles. The zero-order valence-corrected chi connectivity index (χ0v) is 12.5. The van der Waals surface area contributed by atoms with Gasteiger partial charge in [-0.15, -0.1) is 0 Å². The van der Waals surface area contributed by atoms with Gasteiger partial charge in [-0.2, -0.15) is 0 Å². The van der Waals surface area contributed by atoms with Crippen LogP contribution < -0.4 is 0 Å². The molecule has 0 atom stereocenters. The van der Waals surface area contributed by atoms with Crippen molar-refractivity contribution in [2.75, 3.05) is 13.1 Å². The molecule has 0 spiro atoms. The van der Waals surface area contributed by atoms with Crippen LogP contribution in [0.15, 0.2) is 12.5 Å². The highest BCUT2D eigenvalue weighted by Gasteiger charge is 2.28. The number of hydrogen-bond donors (Lipinski definition) is 0. The third-order valence-corrected chi connectivity index (χ3v) is 3.31. The van der Waals surface area contributed by atoms with Gasteiger partial charge in [-0.05, 0) is 43.5 Å². The molecule has 8 nitrogen and oxygen atoms in total. The number of nitrogens with zero attached hydrogens (tertiary/aromatic N) is 4. The lowest BCUT2D eigenvalue weighted by Gasteiger charge is -2.33. The van der Waals surface area contributed by atoms with Gasteiger partial charge < -0.3 is 24.3 Å². The van der Waals surface area contributed by atoms with E-state index < -0.39 is 10.5 Å². The van der Waals surface area contributed by atoms with Gasteiger partial charge in [0.05, 0.1) is 0 Å². The molecule has 1 saturated heterocycles. The smallest absolute Gasteiger partial charge is 0.410 e. The summed E-state index contributed by atoms with van der Waals surface area (Å²) >= 11 is 0. The van der Waals surface area contributed by atoms with Gasteiger partial charge in [0.25, 0.3) is 0 Å². The molecule has 1 aliphatic rings. The molecule has 0 radical (unpaired) electrons. The van der Waals surface area contributed by atoms with Crippen LogP contribution in [-0.2, 0) is 4.74 Å². The number of nitro groups is 1. The van der Waals surface area contributed by atoms with E-state index in [0.717, 1.165) is 12.8 Å². The normalized spacial score (nSPS) is 16.8. The number of imidazole rings is 1. The Morgan fingerprint density at radius 1 is 1.43 bits per heavy atom. The predicted molar refractivity (Wildman–Crippen MR) is 75.0 cm³/mol. The van der Waals surface area contributed by atoms with E-state index in [0.29, 0.717) is 13.1 Å². The van der Waals surface area contributed by atoms with Crippen molar-refractivity contribution in [2.45, 2.75) is 45.3 Å². The quantitative estimate of drug-likeness (QED) is 0.617. The van der Waals surface area contributed by atoms with E-state index in [9.17, 15) is 14.9 Å². The minimum absolute atomic E-state index is 0.130. The molecular weight excluding hydrogens is 276 g/mol. The molecule has 1 amide bonds. The molecule has 1 fully saturated rings. The molecule has 2 rings (SSSR count). The zero-order valence-electron chi connectivity index (χ0n) is 12.5. The Balaban J connectivity index is 1.90. The molecule has 1 aromatic rings. The van der Waals surface area contributed by atoms with Gasteiger partial charge in [0.1, 0.15) is 11.8 Å². The molecule has 0 unspecified atom stereocenters. The van der Waals surface area contributed by atoms with Gasteiger partial charge >= 0.3 is 11.9 Å². The number of likely N-dealkylation sites (tertiary alicyclic amines) is 1. The number of piperidine rings is 1. The van der Waals surface area contributed by atoms with Crippen LogP contribution in [0.25, 0.3) is 0 Å². The molecule has 116 valence electrons. The van der Waals surface area contributed by atoms with Gasteiger partial charge in [-0.1, -0.05) is 0 Å². The third kappa shape index (κ3) is 3.93. The van der Waals surface area contributed by atoms with Crippen molar-refractivity contribution in [3.63, 3.8) is 0 Å². The van der Waals surface area contributed by atoms with Crippen LogP contribution in [0.5, 0.6) is 0 Å². The third-order valence-electron chi connectivity index (χ3n) is 3.31. The fourth-order valence-corrected chi connectivity index (χ4v) is 2.29. The topological polar surface area (TPSA) is 90.5 Å². The van der Waals surface area contributed by atoms with E-state index in [1.807, 2.05) is 20.8 Å². The Labute approximate surface area is 122 Å². The van der Waals surface area contributed by atoms with Crippen molar-refractivity contribution < 1.29 is 14.5 Å². The highest BCUT2D eigenvalue weighted by molar-refractivity contribution is 5.68. The molecule has 0 saturated carbocycles. The second kappa shape index (κ2) is 5.71. The van der Waals surface area contributed by atoms with E-state index in [2.05, 4.69) is 4.98 Å². The summed E-state index contributed by atoms with van der Waals surface area (Å²) in [5.41, 5.74) is -0.501. The number of amides is 1. The maximum Gasteiger partial charge on any atom is 0.410 e. The monoisotopic (exact) mass is 296 g/mol. The van der Waals surface area contributed by atoms with Gasteiger partial charge in [0.2, 0.25) is 6.33 Å². The Kier molecular flexibility index (Phi) is 4.15. The van der Waals surface area contributed by atoms with Crippen LogP contribution in [0.2, 0.25) is 0 Å². The predicted octanol–water partition coefficient (Wildman–Crippen LogP) is 2.36. The summed E-state index contributed by atoms with van der Waals surface area (Å²) in [6.07, 6.45) is 4.07. The second-order valence-electron chi connectivity index (χ2n) is 6.13. The number of carbonyl (C=O) groups excluding carboxylic acids is 1. The average molecular weight is 296 g/mol. The molecule has 1 aliphatic heterocycles. The molecule has 0 bridgehead atoms. The lowest BCUT2D eigenvalue weighted by atomic mass is 10.1. The number of carbonyl (C=O) groups is 1. The first kappa shape index (κ1) is 15.3. The zero-order chi connectivity index (χ0) is 15.6. The molecule has 0 aliphatic carbocycles. The summed E-state index contributed by atoms with van der Waals surface area (Å²) in [5, 5.41) is 10.6. The summed E-state index contributed by atoms with van der Waals surface area (Å²) in [4.78, 5) is 27.5. The minimum atomic E-state index is -0.508. The van der Waals surface area contributed by atoms with Crippen LogP contribution in [0.3, 0.4) is 0 Å². The fourth-order valence-electron chi connectivity index (χ4n) is 2.29. The van der Waals surface area contributed by atoms with Gasteiger partial charge in [0.15, 0.2) is 0 Å². The number of rotatable bonds is 2. The first-order valence-corrected chi connectivity index (χ1v) is 6.92. The van der Waals surface area contributed by atoms with Crippen LogP contribution >= 0.6 is 0 Å². The van der Waals surface area contributed by atoms with Crippen molar-refractivity contribution >= 4 is 11.9 Å². The van der Waals surface area contributed by atoms with Gasteiger partial charge in [-0.3, -0.25) is 0 Å².